The average Bonchev–Trinajstić information content (AvgIpc) is 2.46. The summed E-state index contributed by atoms with van der Waals surface area (Å²) >= 11 is 0. The third-order valence-corrected chi connectivity index (χ3v) is 7.81. The van der Waals surface area contributed by atoms with Crippen molar-refractivity contribution in [3.8, 4) is 0 Å². The fraction of sp³-hybridized carbons (Fsp3) is 0.667. The molecule has 0 radical (unpaired) electrons. The quantitative estimate of drug-likeness (QED) is 0.475. The summed E-state index contributed by atoms with van der Waals surface area (Å²) in [5.74, 6) is 0. The van der Waals surface area contributed by atoms with Crippen LogP contribution in [0.25, 0.3) is 0 Å². The fourth-order valence-electron chi connectivity index (χ4n) is 2.81. The number of rotatable bonds is 11. The number of benzene rings is 1. The maximum absolute atomic E-state index is 5.50. The zero-order chi connectivity index (χ0) is 14.7. The van der Waals surface area contributed by atoms with Crippen LogP contribution in [0.4, 0.5) is 0 Å². The summed E-state index contributed by atoms with van der Waals surface area (Å²) in [4.78, 5) is 0. The van der Waals surface area contributed by atoms with Gasteiger partial charge in [0.05, 0.1) is 0 Å². The minimum absolute atomic E-state index is 0.860. The van der Waals surface area contributed by atoms with Crippen molar-refractivity contribution in [2.75, 3.05) is 26.0 Å². The molecule has 0 bridgehead atoms. The van der Waals surface area contributed by atoms with E-state index >= 15 is 0 Å². The molecule has 0 saturated heterocycles. The normalized spacial score (nSPS) is 12.6. The van der Waals surface area contributed by atoms with E-state index in [0.717, 1.165) is 6.54 Å². The van der Waals surface area contributed by atoms with Crippen LogP contribution in [0.3, 0.4) is 0 Å². The first-order valence-electron chi connectivity index (χ1n) is 8.42. The van der Waals surface area contributed by atoms with Crippen molar-refractivity contribution < 1.29 is 0 Å². The molecule has 0 fully saturated rings. The van der Waals surface area contributed by atoms with Crippen molar-refractivity contribution in [1.29, 1.82) is 0 Å². The molecule has 0 saturated carbocycles. The number of unbranched alkanes of at least 4 members (excludes halogenated alkanes) is 7. The van der Waals surface area contributed by atoms with Gasteiger partial charge in [-0.15, -0.1) is 0 Å². The minimum atomic E-state index is -1.18. The van der Waals surface area contributed by atoms with Gasteiger partial charge in [0.25, 0.3) is 0 Å². The van der Waals surface area contributed by atoms with Gasteiger partial charge >= 0.3 is 126 Å². The van der Waals surface area contributed by atoms with Crippen LogP contribution in [0, 0.1) is 0 Å². The zero-order valence-corrected chi connectivity index (χ0v) is 14.5. The molecule has 0 atom stereocenters. The molecule has 0 aromatic heterocycles. The van der Waals surface area contributed by atoms with Crippen molar-refractivity contribution in [2.45, 2.75) is 51.4 Å². The molecule has 2 N–H and O–H groups in total. The van der Waals surface area contributed by atoms with Gasteiger partial charge < -0.3 is 0 Å². The van der Waals surface area contributed by atoms with Crippen LogP contribution in [0.15, 0.2) is 30.3 Å². The standard InChI is InChI=1S/C18H34NP/c1-20(2,18-14-10-9-11-15-18)17-13-8-6-4-3-5-7-12-16-19/h9-11,14-15,20H,3-8,12-13,16-17,19H2,1-2H3. The van der Waals surface area contributed by atoms with Crippen molar-refractivity contribution in [3.63, 3.8) is 0 Å². The van der Waals surface area contributed by atoms with E-state index in [-0.39, 0.29) is 0 Å². The Morgan fingerprint density at radius 1 is 0.750 bits per heavy atom. The zero-order valence-electron chi connectivity index (χ0n) is 13.5. The van der Waals surface area contributed by atoms with Crippen LogP contribution in [0.1, 0.15) is 51.4 Å². The summed E-state index contributed by atoms with van der Waals surface area (Å²) in [5.41, 5.74) is 5.50. The fourth-order valence-corrected chi connectivity index (χ4v) is 5.32. The summed E-state index contributed by atoms with van der Waals surface area (Å²) in [6, 6.07) is 11.1. The van der Waals surface area contributed by atoms with E-state index in [1.54, 1.807) is 5.30 Å². The van der Waals surface area contributed by atoms with E-state index in [2.05, 4.69) is 43.7 Å². The molecule has 1 nitrogen and oxygen atoms in total. The molecule has 0 spiro atoms. The van der Waals surface area contributed by atoms with Crippen LogP contribution in [0.2, 0.25) is 0 Å². The number of hydrogen-bond acceptors (Lipinski definition) is 1. The van der Waals surface area contributed by atoms with Gasteiger partial charge in [-0.2, -0.15) is 0 Å². The first kappa shape index (κ1) is 17.7. The van der Waals surface area contributed by atoms with Gasteiger partial charge in [-0.3, -0.25) is 0 Å². The van der Waals surface area contributed by atoms with Crippen molar-refractivity contribution in [1.82, 2.24) is 0 Å². The Labute approximate surface area is 126 Å². The second-order valence-electron chi connectivity index (χ2n) is 6.62. The molecular formula is C18H34NP. The van der Waals surface area contributed by atoms with Crippen LogP contribution in [0.5, 0.6) is 0 Å². The summed E-state index contributed by atoms with van der Waals surface area (Å²) in [5, 5.41) is 1.61. The average molecular weight is 295 g/mol. The van der Waals surface area contributed by atoms with E-state index in [4.69, 9.17) is 5.73 Å². The Morgan fingerprint density at radius 2 is 1.25 bits per heavy atom. The predicted octanol–water partition coefficient (Wildman–Crippen LogP) is 4.40. The van der Waals surface area contributed by atoms with E-state index in [1.807, 2.05) is 0 Å². The van der Waals surface area contributed by atoms with Crippen LogP contribution in [-0.4, -0.2) is 26.0 Å². The Balaban J connectivity index is 2.06. The van der Waals surface area contributed by atoms with E-state index in [0.29, 0.717) is 0 Å². The Morgan fingerprint density at radius 3 is 1.80 bits per heavy atom. The molecule has 0 aliphatic carbocycles. The third-order valence-electron chi connectivity index (χ3n) is 4.31. The molecule has 1 aromatic rings. The van der Waals surface area contributed by atoms with Crippen molar-refractivity contribution in [2.24, 2.45) is 5.73 Å². The van der Waals surface area contributed by atoms with E-state index in [9.17, 15) is 0 Å². The molecule has 0 aliphatic heterocycles. The van der Waals surface area contributed by atoms with Crippen LogP contribution < -0.4 is 11.0 Å². The summed E-state index contributed by atoms with van der Waals surface area (Å²) in [7, 11) is -1.18. The maximum atomic E-state index is 5.50. The van der Waals surface area contributed by atoms with Crippen molar-refractivity contribution in [3.05, 3.63) is 30.3 Å². The molecule has 0 heterocycles. The monoisotopic (exact) mass is 295 g/mol. The van der Waals surface area contributed by atoms with Gasteiger partial charge in [-0.05, 0) is 0 Å². The molecule has 1 rings (SSSR count). The van der Waals surface area contributed by atoms with Crippen LogP contribution >= 0.6 is 7.26 Å². The summed E-state index contributed by atoms with van der Waals surface area (Å²) in [6.45, 7) is 5.88. The number of hydrogen-bond donors (Lipinski definition) is 1. The van der Waals surface area contributed by atoms with Gasteiger partial charge in [0, 0.05) is 0 Å². The first-order valence-corrected chi connectivity index (χ1v) is 11.6. The SMILES string of the molecule is C[PH](C)(CCCCCCCCCCN)c1ccccc1. The van der Waals surface area contributed by atoms with E-state index < -0.39 is 7.26 Å². The van der Waals surface area contributed by atoms with Gasteiger partial charge in [0.2, 0.25) is 0 Å². The Bertz CT molecular complexity index is 335. The van der Waals surface area contributed by atoms with E-state index in [1.165, 1.54) is 57.5 Å². The van der Waals surface area contributed by atoms with Gasteiger partial charge in [-0.1, -0.05) is 0 Å². The van der Waals surface area contributed by atoms with Crippen molar-refractivity contribution >= 4 is 12.6 Å². The second-order valence-corrected chi connectivity index (χ2v) is 11.5. The Kier molecular flexibility index (Phi) is 9.14. The molecule has 116 valence electrons. The molecule has 0 aliphatic rings. The molecule has 0 unspecified atom stereocenters. The number of nitrogens with two attached hydrogens (primary N) is 1. The van der Waals surface area contributed by atoms with Gasteiger partial charge in [-0.25, -0.2) is 0 Å². The van der Waals surface area contributed by atoms with Crippen LogP contribution in [-0.2, 0) is 0 Å². The predicted molar refractivity (Wildman–Crippen MR) is 97.1 cm³/mol. The molecule has 1 aromatic carbocycles. The molecule has 0 amide bonds. The second kappa shape index (κ2) is 10.4. The third kappa shape index (κ3) is 7.41. The van der Waals surface area contributed by atoms with Gasteiger partial charge in [0.15, 0.2) is 0 Å². The topological polar surface area (TPSA) is 26.0 Å². The van der Waals surface area contributed by atoms with Gasteiger partial charge in [0.1, 0.15) is 0 Å². The molecule has 2 heteroatoms. The summed E-state index contributed by atoms with van der Waals surface area (Å²) < 4.78 is 0. The Hall–Kier alpha value is -0.390. The molecule has 20 heavy (non-hydrogen) atoms. The first-order chi connectivity index (χ1) is 9.67. The summed E-state index contributed by atoms with van der Waals surface area (Å²) in [6.07, 6.45) is 12.4. The molecular weight excluding hydrogens is 261 g/mol.